The summed E-state index contributed by atoms with van der Waals surface area (Å²) in [5, 5.41) is 27.3. The van der Waals surface area contributed by atoms with E-state index in [1.807, 2.05) is 0 Å². The van der Waals surface area contributed by atoms with Crippen LogP contribution in [0.5, 0.6) is 0 Å². The van der Waals surface area contributed by atoms with E-state index in [4.69, 9.17) is 10.2 Å². The predicted octanol–water partition coefficient (Wildman–Crippen LogP) is -0.211. The standard InChI is InChI=1S/C14H6N2O8.2K/c17-10-4-2-6(14(23)24)15-8(4)7-3(12(19)20)1-5(13(21)22)16-9(7)11(10)18;;/h1-2,15H,(H,19,20)(H,21,22)(H,23,24);;. The number of nitrogens with one attached hydrogen (secondary N) is 1. The van der Waals surface area contributed by atoms with Gasteiger partial charge in [0.1, 0.15) is 17.1 Å². The summed E-state index contributed by atoms with van der Waals surface area (Å²) in [6.07, 6.45) is 0. The van der Waals surface area contributed by atoms with Crippen LogP contribution in [0.2, 0.25) is 0 Å². The molecule has 122 valence electrons. The Balaban J connectivity index is 0.00000169. The Morgan fingerprint density at radius 3 is 2.00 bits per heavy atom. The molecule has 4 N–H and O–H groups in total. The molecule has 0 fully saturated rings. The predicted molar refractivity (Wildman–Crippen MR) is 85.1 cm³/mol. The summed E-state index contributed by atoms with van der Waals surface area (Å²) in [6, 6.07) is 1.65. The summed E-state index contributed by atoms with van der Waals surface area (Å²) in [4.78, 5) is 63.7. The van der Waals surface area contributed by atoms with Crippen LogP contribution in [0.3, 0.4) is 0 Å². The van der Waals surface area contributed by atoms with Gasteiger partial charge in [0.25, 0.3) is 5.78 Å². The maximum Gasteiger partial charge on any atom is 0.354 e. The number of aromatic amines is 1. The number of ketones is 2. The van der Waals surface area contributed by atoms with Crippen LogP contribution in [0.25, 0.3) is 11.3 Å². The molecule has 0 spiro atoms. The van der Waals surface area contributed by atoms with Crippen molar-refractivity contribution >= 4 is 132 Å². The van der Waals surface area contributed by atoms with Gasteiger partial charge in [-0.05, 0) is 12.1 Å². The van der Waals surface area contributed by atoms with Crippen molar-refractivity contribution in [1.82, 2.24) is 9.97 Å². The fraction of sp³-hybridized carbons (Fsp3) is 0. The molecule has 0 bridgehead atoms. The molecular formula is C14H6K2N2O8. The van der Waals surface area contributed by atoms with E-state index in [-0.39, 0.29) is 120 Å². The monoisotopic (exact) mass is 408 g/mol. The van der Waals surface area contributed by atoms with E-state index < -0.39 is 52.1 Å². The van der Waals surface area contributed by atoms with E-state index in [2.05, 4.69) is 9.97 Å². The van der Waals surface area contributed by atoms with Crippen LogP contribution in [0.4, 0.5) is 0 Å². The minimum atomic E-state index is -1.58. The van der Waals surface area contributed by atoms with Gasteiger partial charge in [-0.3, -0.25) is 9.59 Å². The van der Waals surface area contributed by atoms with Crippen LogP contribution in [-0.4, -0.2) is 158 Å². The van der Waals surface area contributed by atoms with Crippen molar-refractivity contribution in [2.75, 3.05) is 0 Å². The van der Waals surface area contributed by atoms with E-state index in [9.17, 15) is 29.1 Å². The summed E-state index contributed by atoms with van der Waals surface area (Å²) in [7, 11) is 0. The average Bonchev–Trinajstić information content (AvgIpc) is 2.96. The van der Waals surface area contributed by atoms with Crippen LogP contribution in [0.15, 0.2) is 12.1 Å². The maximum atomic E-state index is 12.1. The number of aromatic nitrogens is 2. The Labute approximate surface area is 229 Å². The van der Waals surface area contributed by atoms with E-state index in [1.165, 1.54) is 0 Å². The number of nitrogens with zero attached hydrogens (tertiary/aromatic N) is 1. The first-order chi connectivity index (χ1) is 11.2. The molecule has 2 radical (unpaired) electrons. The van der Waals surface area contributed by atoms with Gasteiger partial charge in [-0.15, -0.1) is 0 Å². The third-order valence-corrected chi connectivity index (χ3v) is 3.43. The number of carboxylic acids is 3. The molecular weight excluding hydrogens is 402 g/mol. The molecule has 0 aliphatic heterocycles. The number of Topliss-reactive ketones (excluding diaryl/α,β-unsaturated/α-hetero) is 2. The first-order valence-electron chi connectivity index (χ1n) is 6.29. The molecule has 2 aromatic heterocycles. The van der Waals surface area contributed by atoms with E-state index in [0.717, 1.165) is 12.1 Å². The second-order valence-electron chi connectivity index (χ2n) is 4.82. The fourth-order valence-electron chi connectivity index (χ4n) is 2.42. The Morgan fingerprint density at radius 1 is 0.885 bits per heavy atom. The van der Waals surface area contributed by atoms with Gasteiger partial charge in [0.05, 0.1) is 16.8 Å². The molecule has 1 aliphatic rings. The van der Waals surface area contributed by atoms with E-state index in [0.29, 0.717) is 0 Å². The average molecular weight is 408 g/mol. The smallest absolute Gasteiger partial charge is 0.354 e. The molecule has 10 nitrogen and oxygen atoms in total. The molecule has 0 atom stereocenters. The summed E-state index contributed by atoms with van der Waals surface area (Å²) in [5.74, 6) is -6.87. The minimum Gasteiger partial charge on any atom is -0.478 e. The van der Waals surface area contributed by atoms with E-state index in [1.54, 1.807) is 0 Å². The van der Waals surface area contributed by atoms with Gasteiger partial charge >= 0.3 is 17.9 Å². The quantitative estimate of drug-likeness (QED) is 0.395. The molecule has 0 unspecified atom stereocenters. The molecule has 2 heterocycles. The number of carboxylic acid groups (broad SMARTS) is 3. The molecule has 0 amide bonds. The summed E-state index contributed by atoms with van der Waals surface area (Å²) in [6.45, 7) is 0. The number of carbonyl (C=O) groups is 5. The van der Waals surface area contributed by atoms with Gasteiger partial charge in [0.15, 0.2) is 0 Å². The summed E-state index contributed by atoms with van der Waals surface area (Å²) < 4.78 is 0. The topological polar surface area (TPSA) is 175 Å². The molecule has 1 aliphatic carbocycles. The van der Waals surface area contributed by atoms with Gasteiger partial charge < -0.3 is 20.3 Å². The van der Waals surface area contributed by atoms with Crippen LogP contribution in [0.1, 0.15) is 52.2 Å². The third kappa shape index (κ3) is 3.84. The largest absolute Gasteiger partial charge is 0.478 e. The second kappa shape index (κ2) is 8.64. The molecule has 3 rings (SSSR count). The van der Waals surface area contributed by atoms with Crippen LogP contribution in [0, 0.1) is 0 Å². The van der Waals surface area contributed by atoms with Crippen LogP contribution < -0.4 is 0 Å². The third-order valence-electron chi connectivity index (χ3n) is 3.43. The first-order valence-corrected chi connectivity index (χ1v) is 6.29. The fourth-order valence-corrected chi connectivity index (χ4v) is 2.42. The van der Waals surface area contributed by atoms with Gasteiger partial charge in [0, 0.05) is 108 Å². The number of aromatic carboxylic acids is 3. The molecule has 26 heavy (non-hydrogen) atoms. The Kier molecular flexibility index (Phi) is 7.81. The number of hydrogen-bond donors (Lipinski definition) is 4. The molecule has 12 heteroatoms. The van der Waals surface area contributed by atoms with Gasteiger partial charge in [0.2, 0.25) is 5.78 Å². The number of hydrogen-bond acceptors (Lipinski definition) is 6. The van der Waals surface area contributed by atoms with Crippen molar-refractivity contribution in [3.05, 3.63) is 40.3 Å². The van der Waals surface area contributed by atoms with Crippen LogP contribution >= 0.6 is 0 Å². The minimum absolute atomic E-state index is 0. The first kappa shape index (κ1) is 23.5. The van der Waals surface area contributed by atoms with Gasteiger partial charge in [-0.2, -0.15) is 0 Å². The zero-order valence-electron chi connectivity index (χ0n) is 13.5. The number of fused-ring (bicyclic) bond motifs is 3. The molecule has 2 aromatic rings. The van der Waals surface area contributed by atoms with Crippen molar-refractivity contribution in [2.45, 2.75) is 0 Å². The number of H-pyrrole nitrogens is 1. The summed E-state index contributed by atoms with van der Waals surface area (Å²) >= 11 is 0. The van der Waals surface area contributed by atoms with E-state index >= 15 is 0 Å². The van der Waals surface area contributed by atoms with Crippen molar-refractivity contribution in [3.8, 4) is 11.3 Å². The SMILES string of the molecule is O=C(O)c1cc(C(=O)O)c2c(n1)C(=O)C(=O)c1cc(C(=O)O)[nH]c1-2.[K].[K]. The Morgan fingerprint density at radius 2 is 1.50 bits per heavy atom. The maximum absolute atomic E-state index is 12.1. The van der Waals surface area contributed by atoms with Crippen LogP contribution in [-0.2, 0) is 0 Å². The number of pyridine rings is 1. The van der Waals surface area contributed by atoms with Gasteiger partial charge in [-0.1, -0.05) is 0 Å². The Hall–Kier alpha value is -0.547. The summed E-state index contributed by atoms with van der Waals surface area (Å²) in [5.41, 5.74) is -3.21. The zero-order valence-corrected chi connectivity index (χ0v) is 19.7. The van der Waals surface area contributed by atoms with Gasteiger partial charge in [-0.25, -0.2) is 19.4 Å². The normalized spacial score (nSPS) is 11.5. The Bertz CT molecular complexity index is 995. The zero-order chi connectivity index (χ0) is 17.8. The molecule has 0 saturated carbocycles. The second-order valence-corrected chi connectivity index (χ2v) is 4.82. The van der Waals surface area contributed by atoms with Crippen molar-refractivity contribution in [2.24, 2.45) is 0 Å². The molecule has 0 saturated heterocycles. The van der Waals surface area contributed by atoms with Crippen molar-refractivity contribution < 1.29 is 39.3 Å². The number of rotatable bonds is 3. The molecule has 0 aromatic carbocycles. The van der Waals surface area contributed by atoms with Crippen molar-refractivity contribution in [1.29, 1.82) is 0 Å². The van der Waals surface area contributed by atoms with Crippen molar-refractivity contribution in [3.63, 3.8) is 0 Å². The number of carbonyl (C=O) groups excluding carboxylic acids is 2.